The lowest BCUT2D eigenvalue weighted by molar-refractivity contribution is 0.187. The maximum Gasteiger partial charge on any atom is 0.191 e. The van der Waals surface area contributed by atoms with Crippen molar-refractivity contribution < 1.29 is 4.74 Å². The Morgan fingerprint density at radius 3 is 2.89 bits per heavy atom. The van der Waals surface area contributed by atoms with Crippen LogP contribution in [0.3, 0.4) is 0 Å². The Kier molecular flexibility index (Phi) is 9.23. The van der Waals surface area contributed by atoms with Gasteiger partial charge in [0, 0.05) is 37.4 Å². The SMILES string of the molecule is CCNC(=NCC1CCOC1)NCC1CCCS1.I. The first kappa shape index (κ1) is 17.4. The Labute approximate surface area is 137 Å². The summed E-state index contributed by atoms with van der Waals surface area (Å²) in [6, 6.07) is 0. The van der Waals surface area contributed by atoms with E-state index in [2.05, 4.69) is 34.3 Å². The lowest BCUT2D eigenvalue weighted by atomic mass is 10.1. The van der Waals surface area contributed by atoms with E-state index in [0.717, 1.165) is 50.5 Å². The fraction of sp³-hybridized carbons (Fsp3) is 0.923. The summed E-state index contributed by atoms with van der Waals surface area (Å²) in [5.41, 5.74) is 0. The summed E-state index contributed by atoms with van der Waals surface area (Å²) in [5, 5.41) is 7.55. The summed E-state index contributed by atoms with van der Waals surface area (Å²) >= 11 is 2.08. The molecule has 6 heteroatoms. The minimum atomic E-state index is 0. The van der Waals surface area contributed by atoms with Crippen LogP contribution in [0.1, 0.15) is 26.2 Å². The predicted octanol–water partition coefficient (Wildman–Crippen LogP) is 2.09. The molecule has 2 fully saturated rings. The number of halogens is 1. The third-order valence-electron chi connectivity index (χ3n) is 3.40. The quantitative estimate of drug-likeness (QED) is 0.422. The Morgan fingerprint density at radius 2 is 2.26 bits per heavy atom. The minimum absolute atomic E-state index is 0. The normalized spacial score (nSPS) is 27.1. The molecule has 0 aromatic rings. The van der Waals surface area contributed by atoms with Gasteiger partial charge in [0.1, 0.15) is 0 Å². The molecular weight excluding hydrogens is 373 g/mol. The van der Waals surface area contributed by atoms with Crippen LogP contribution in [0.25, 0.3) is 0 Å². The molecule has 0 amide bonds. The molecule has 2 rings (SSSR count). The lowest BCUT2D eigenvalue weighted by Crippen LogP contribution is -2.40. The maximum atomic E-state index is 5.38. The van der Waals surface area contributed by atoms with Gasteiger partial charge in [-0.05, 0) is 31.9 Å². The first-order valence-corrected chi connectivity index (χ1v) is 8.15. The summed E-state index contributed by atoms with van der Waals surface area (Å²) in [7, 11) is 0. The number of guanidine groups is 1. The molecule has 0 bridgehead atoms. The van der Waals surface area contributed by atoms with Crippen molar-refractivity contribution in [1.29, 1.82) is 0 Å². The molecule has 0 aromatic heterocycles. The molecule has 19 heavy (non-hydrogen) atoms. The first-order valence-electron chi connectivity index (χ1n) is 7.10. The van der Waals surface area contributed by atoms with Gasteiger partial charge in [0.2, 0.25) is 0 Å². The average Bonchev–Trinajstić information content (AvgIpc) is 3.05. The predicted molar refractivity (Wildman–Crippen MR) is 93.8 cm³/mol. The number of aliphatic imine (C=N–C) groups is 1. The number of nitrogens with one attached hydrogen (secondary N) is 2. The second-order valence-corrected chi connectivity index (χ2v) is 6.37. The second kappa shape index (κ2) is 10.1. The largest absolute Gasteiger partial charge is 0.381 e. The highest BCUT2D eigenvalue weighted by atomic mass is 127. The Balaban J connectivity index is 0.00000180. The molecule has 4 nitrogen and oxygen atoms in total. The van der Waals surface area contributed by atoms with Gasteiger partial charge in [-0.1, -0.05) is 0 Å². The molecule has 0 spiro atoms. The van der Waals surface area contributed by atoms with Gasteiger partial charge in [-0.15, -0.1) is 24.0 Å². The van der Waals surface area contributed by atoms with Gasteiger partial charge in [0.15, 0.2) is 5.96 Å². The van der Waals surface area contributed by atoms with E-state index in [0.29, 0.717) is 5.92 Å². The highest BCUT2D eigenvalue weighted by Gasteiger charge is 2.17. The summed E-state index contributed by atoms with van der Waals surface area (Å²) in [4.78, 5) is 4.66. The zero-order valence-electron chi connectivity index (χ0n) is 11.7. The number of thioether (sulfide) groups is 1. The molecule has 2 atom stereocenters. The fourth-order valence-electron chi connectivity index (χ4n) is 2.31. The van der Waals surface area contributed by atoms with E-state index in [1.54, 1.807) is 0 Å². The molecule has 0 saturated carbocycles. The van der Waals surface area contributed by atoms with E-state index >= 15 is 0 Å². The van der Waals surface area contributed by atoms with Crippen LogP contribution in [0.15, 0.2) is 4.99 Å². The second-order valence-electron chi connectivity index (χ2n) is 4.97. The van der Waals surface area contributed by atoms with Crippen molar-refractivity contribution in [2.75, 3.05) is 38.6 Å². The monoisotopic (exact) mass is 399 g/mol. The van der Waals surface area contributed by atoms with E-state index in [1.165, 1.54) is 18.6 Å². The van der Waals surface area contributed by atoms with Crippen molar-refractivity contribution in [2.45, 2.75) is 31.4 Å². The van der Waals surface area contributed by atoms with Crippen LogP contribution in [0.4, 0.5) is 0 Å². The minimum Gasteiger partial charge on any atom is -0.381 e. The van der Waals surface area contributed by atoms with Gasteiger partial charge in [0.05, 0.1) is 6.61 Å². The molecule has 112 valence electrons. The van der Waals surface area contributed by atoms with Gasteiger partial charge < -0.3 is 15.4 Å². The number of hydrogen-bond donors (Lipinski definition) is 2. The summed E-state index contributed by atoms with van der Waals surface area (Å²) < 4.78 is 5.38. The lowest BCUT2D eigenvalue weighted by Gasteiger charge is -2.15. The van der Waals surface area contributed by atoms with E-state index in [4.69, 9.17) is 4.74 Å². The first-order chi connectivity index (χ1) is 8.88. The zero-order valence-corrected chi connectivity index (χ0v) is 14.8. The van der Waals surface area contributed by atoms with E-state index in [1.807, 2.05) is 0 Å². The summed E-state index contributed by atoms with van der Waals surface area (Å²) in [6.45, 7) is 6.74. The summed E-state index contributed by atoms with van der Waals surface area (Å²) in [5.74, 6) is 2.90. The van der Waals surface area contributed by atoms with E-state index in [9.17, 15) is 0 Å². The third-order valence-corrected chi connectivity index (χ3v) is 4.80. The fourth-order valence-corrected chi connectivity index (χ4v) is 3.51. The maximum absolute atomic E-state index is 5.38. The van der Waals surface area contributed by atoms with E-state index in [-0.39, 0.29) is 24.0 Å². The Bertz CT molecular complexity index is 267. The Morgan fingerprint density at radius 1 is 1.37 bits per heavy atom. The smallest absolute Gasteiger partial charge is 0.191 e. The Hall–Kier alpha value is 0.310. The molecule has 0 aliphatic carbocycles. The highest BCUT2D eigenvalue weighted by molar-refractivity contribution is 14.0. The molecular formula is C13H26IN3OS. The van der Waals surface area contributed by atoms with Gasteiger partial charge in [0.25, 0.3) is 0 Å². The van der Waals surface area contributed by atoms with Crippen molar-refractivity contribution in [3.05, 3.63) is 0 Å². The molecule has 2 N–H and O–H groups in total. The molecule has 2 saturated heterocycles. The van der Waals surface area contributed by atoms with Gasteiger partial charge >= 0.3 is 0 Å². The molecule has 0 aromatic carbocycles. The van der Waals surface area contributed by atoms with Gasteiger partial charge in [-0.2, -0.15) is 11.8 Å². The zero-order chi connectivity index (χ0) is 12.6. The number of nitrogens with zero attached hydrogens (tertiary/aromatic N) is 1. The molecule has 2 heterocycles. The van der Waals surface area contributed by atoms with Crippen LogP contribution in [-0.2, 0) is 4.74 Å². The van der Waals surface area contributed by atoms with Crippen LogP contribution < -0.4 is 10.6 Å². The van der Waals surface area contributed by atoms with Crippen molar-refractivity contribution in [1.82, 2.24) is 10.6 Å². The van der Waals surface area contributed by atoms with Gasteiger partial charge in [-0.3, -0.25) is 4.99 Å². The van der Waals surface area contributed by atoms with Crippen LogP contribution in [0.2, 0.25) is 0 Å². The number of ether oxygens (including phenoxy) is 1. The molecule has 2 aliphatic rings. The van der Waals surface area contributed by atoms with Gasteiger partial charge in [-0.25, -0.2) is 0 Å². The van der Waals surface area contributed by atoms with Crippen molar-refractivity contribution >= 4 is 41.7 Å². The summed E-state index contributed by atoms with van der Waals surface area (Å²) in [6.07, 6.45) is 3.86. The van der Waals surface area contributed by atoms with Crippen LogP contribution in [0.5, 0.6) is 0 Å². The highest BCUT2D eigenvalue weighted by Crippen LogP contribution is 2.25. The number of hydrogen-bond acceptors (Lipinski definition) is 3. The van der Waals surface area contributed by atoms with Crippen molar-refractivity contribution in [3.8, 4) is 0 Å². The molecule has 2 aliphatic heterocycles. The topological polar surface area (TPSA) is 45.7 Å². The van der Waals surface area contributed by atoms with Crippen molar-refractivity contribution in [3.63, 3.8) is 0 Å². The molecule has 2 unspecified atom stereocenters. The number of rotatable bonds is 5. The average molecular weight is 399 g/mol. The van der Waals surface area contributed by atoms with E-state index < -0.39 is 0 Å². The van der Waals surface area contributed by atoms with Crippen LogP contribution in [0, 0.1) is 5.92 Å². The third kappa shape index (κ3) is 6.53. The van der Waals surface area contributed by atoms with Crippen molar-refractivity contribution in [2.24, 2.45) is 10.9 Å². The van der Waals surface area contributed by atoms with Crippen LogP contribution in [-0.4, -0.2) is 49.8 Å². The standard InChI is InChI=1S/C13H25N3OS.HI/c1-2-14-13(15-8-11-5-6-17-10-11)16-9-12-4-3-7-18-12;/h11-12H,2-10H2,1H3,(H2,14,15,16);1H. The van der Waals surface area contributed by atoms with Crippen LogP contribution >= 0.6 is 35.7 Å². The molecule has 0 radical (unpaired) electrons.